The lowest BCUT2D eigenvalue weighted by molar-refractivity contribution is 1.63. The summed E-state index contributed by atoms with van der Waals surface area (Å²) in [6.07, 6.45) is 4.36. The van der Waals surface area contributed by atoms with Gasteiger partial charge >= 0.3 is 0 Å². The molecule has 8 rings (SSSR count). The van der Waals surface area contributed by atoms with Crippen LogP contribution in [0.5, 0.6) is 0 Å². The molecule has 0 N–H and O–H groups in total. The van der Waals surface area contributed by atoms with E-state index in [1.807, 2.05) is 0 Å². The highest BCUT2D eigenvalue weighted by Gasteiger charge is 2.01. The third-order valence-electron chi connectivity index (χ3n) is 8.28. The minimum atomic E-state index is 1.02. The number of thiophene rings is 2. The van der Waals surface area contributed by atoms with E-state index in [0.717, 1.165) is 22.3 Å². The van der Waals surface area contributed by atoms with Gasteiger partial charge in [-0.15, -0.1) is 22.7 Å². The van der Waals surface area contributed by atoms with Gasteiger partial charge in [-0.05, 0) is 127 Å². The van der Waals surface area contributed by atoms with Gasteiger partial charge in [-0.2, -0.15) is 0 Å². The average molecular weight is 645 g/mol. The molecule has 8 aromatic rings. The van der Waals surface area contributed by atoms with Crippen LogP contribution >= 0.6 is 22.7 Å². The third-order valence-corrected chi connectivity index (χ3v) is 10.1. The Morgan fingerprint density at radius 1 is 0.354 bits per heavy atom. The summed E-state index contributed by atoms with van der Waals surface area (Å²) < 4.78 is 0. The van der Waals surface area contributed by atoms with Crippen LogP contribution in [0.3, 0.4) is 0 Å². The fourth-order valence-electron chi connectivity index (χ4n) is 5.69. The number of rotatable bonds is 4. The molecule has 0 nitrogen and oxygen atoms in total. The molecule has 2 heterocycles. The Labute approximate surface area is 289 Å². The number of fused-ring (bicyclic) bond motifs is 2. The first kappa shape index (κ1) is 29.5. The lowest BCUT2D eigenvalue weighted by atomic mass is 10.0. The molecule has 0 saturated carbocycles. The lowest BCUT2D eigenvalue weighted by Gasteiger charge is -2.03. The highest BCUT2D eigenvalue weighted by molar-refractivity contribution is 7.13. The largest absolute Gasteiger partial charge is 0.144 e. The molecule has 0 fully saturated rings. The second-order valence-corrected chi connectivity index (χ2v) is 13.5. The van der Waals surface area contributed by atoms with Crippen molar-refractivity contribution in [3.8, 4) is 44.6 Å². The zero-order valence-corrected chi connectivity index (χ0v) is 27.6. The maximum atomic E-state index is 3.34. The minimum Gasteiger partial charge on any atom is -0.144 e. The fourth-order valence-corrected chi connectivity index (χ4v) is 7.16. The molecular formula is C46H28S2. The van der Waals surface area contributed by atoms with Crippen molar-refractivity contribution < 1.29 is 0 Å². The molecule has 6 aromatic carbocycles. The lowest BCUT2D eigenvalue weighted by Crippen LogP contribution is -1.81. The molecule has 0 atom stereocenters. The molecular weight excluding hydrogens is 617 g/mol. The van der Waals surface area contributed by atoms with Crippen molar-refractivity contribution in [3.63, 3.8) is 0 Å². The first-order chi connectivity index (χ1) is 23.7. The van der Waals surface area contributed by atoms with Crippen molar-refractivity contribution in [3.05, 3.63) is 190 Å². The van der Waals surface area contributed by atoms with Crippen LogP contribution in [0.25, 0.3) is 54.6 Å². The van der Waals surface area contributed by atoms with Gasteiger partial charge in [0, 0.05) is 32.0 Å². The molecule has 0 saturated heterocycles. The summed E-state index contributed by atoms with van der Waals surface area (Å²) in [7, 11) is 0. The van der Waals surface area contributed by atoms with E-state index in [4.69, 9.17) is 0 Å². The van der Waals surface area contributed by atoms with E-state index >= 15 is 0 Å². The van der Waals surface area contributed by atoms with Crippen LogP contribution in [0.15, 0.2) is 156 Å². The third kappa shape index (κ3) is 6.78. The van der Waals surface area contributed by atoms with Crippen LogP contribution in [0.2, 0.25) is 0 Å². The zero-order chi connectivity index (χ0) is 32.1. The van der Waals surface area contributed by atoms with E-state index in [1.165, 1.54) is 53.6 Å². The summed E-state index contributed by atoms with van der Waals surface area (Å²) in [5.74, 6) is 13.3. The Morgan fingerprint density at radius 3 is 1.15 bits per heavy atom. The monoisotopic (exact) mass is 644 g/mol. The highest BCUT2D eigenvalue weighted by Crippen LogP contribution is 2.26. The van der Waals surface area contributed by atoms with Crippen molar-refractivity contribution in [1.29, 1.82) is 0 Å². The molecule has 224 valence electrons. The van der Waals surface area contributed by atoms with Crippen LogP contribution in [-0.2, 0) is 0 Å². The van der Waals surface area contributed by atoms with E-state index < -0.39 is 0 Å². The van der Waals surface area contributed by atoms with Crippen molar-refractivity contribution >= 4 is 56.4 Å². The van der Waals surface area contributed by atoms with Gasteiger partial charge in [-0.25, -0.2) is 0 Å². The second-order valence-electron chi connectivity index (χ2n) is 11.6. The molecule has 2 heteroatoms. The van der Waals surface area contributed by atoms with Crippen molar-refractivity contribution in [2.24, 2.45) is 0 Å². The smallest absolute Gasteiger partial charge is 0.0342 e. The van der Waals surface area contributed by atoms with Gasteiger partial charge in [-0.3, -0.25) is 0 Å². The predicted octanol–water partition coefficient (Wildman–Crippen LogP) is 12.4. The standard InChI is InChI=1S/C46H28S2/c1-3-45(47-27-1)39-19-11-33(12-20-39)5-7-35-15-23-43-31-37(17-25-41(43)29-35)9-10-38-18-26-42-30-36(16-24-44(42)32-38)8-6-34-13-21-40(22-14-34)46-4-2-28-48-46/h1-4,9-32H. The number of hydrogen-bond donors (Lipinski definition) is 0. The summed E-state index contributed by atoms with van der Waals surface area (Å²) in [4.78, 5) is 2.55. The highest BCUT2D eigenvalue weighted by atomic mass is 32.1. The van der Waals surface area contributed by atoms with Gasteiger partial charge in [0.15, 0.2) is 0 Å². The first-order valence-corrected chi connectivity index (χ1v) is 17.6. The van der Waals surface area contributed by atoms with Crippen LogP contribution in [-0.4, -0.2) is 0 Å². The molecule has 0 spiro atoms. The molecule has 0 aliphatic rings. The molecule has 0 bridgehead atoms. The van der Waals surface area contributed by atoms with E-state index in [0.29, 0.717) is 0 Å². The van der Waals surface area contributed by atoms with Gasteiger partial charge in [0.25, 0.3) is 0 Å². The second kappa shape index (κ2) is 13.4. The van der Waals surface area contributed by atoms with Crippen LogP contribution in [0.4, 0.5) is 0 Å². The summed E-state index contributed by atoms with van der Waals surface area (Å²) in [5, 5.41) is 8.99. The van der Waals surface area contributed by atoms with E-state index in [1.54, 1.807) is 22.7 Å². The van der Waals surface area contributed by atoms with Crippen molar-refractivity contribution in [2.75, 3.05) is 0 Å². The maximum Gasteiger partial charge on any atom is 0.0342 e. The van der Waals surface area contributed by atoms with Gasteiger partial charge in [0.2, 0.25) is 0 Å². The van der Waals surface area contributed by atoms with Crippen LogP contribution < -0.4 is 0 Å². The average Bonchev–Trinajstić information content (AvgIpc) is 3.89. The predicted molar refractivity (Wildman–Crippen MR) is 208 cm³/mol. The number of hydrogen-bond acceptors (Lipinski definition) is 2. The Balaban J connectivity index is 0.934. The first-order valence-electron chi connectivity index (χ1n) is 15.8. The quantitative estimate of drug-likeness (QED) is 0.132. The molecule has 0 aliphatic carbocycles. The Hall–Kier alpha value is -5.90. The van der Waals surface area contributed by atoms with Crippen molar-refractivity contribution in [2.45, 2.75) is 0 Å². The summed E-state index contributed by atoms with van der Waals surface area (Å²) >= 11 is 3.51. The minimum absolute atomic E-state index is 1.02. The number of benzene rings is 6. The molecule has 0 radical (unpaired) electrons. The summed E-state index contributed by atoms with van der Waals surface area (Å²) in [5.41, 5.74) is 8.87. The molecule has 0 amide bonds. The SMILES string of the molecule is C(#Cc1ccc2cc(C=Cc3ccc4cc(C#Cc5ccc(-c6cccs6)cc5)ccc4c3)ccc2c1)c1ccc(-c2cccs2)cc1. The van der Waals surface area contributed by atoms with Crippen molar-refractivity contribution in [1.82, 2.24) is 0 Å². The van der Waals surface area contributed by atoms with Gasteiger partial charge in [0.05, 0.1) is 0 Å². The van der Waals surface area contributed by atoms with Gasteiger partial charge in [0.1, 0.15) is 0 Å². The summed E-state index contributed by atoms with van der Waals surface area (Å²) in [6.45, 7) is 0. The Bertz CT molecular complexity index is 2340. The normalized spacial score (nSPS) is 10.9. The van der Waals surface area contributed by atoms with Gasteiger partial charge in [-0.1, -0.05) is 109 Å². The van der Waals surface area contributed by atoms with E-state index in [9.17, 15) is 0 Å². The molecule has 0 aliphatic heterocycles. The summed E-state index contributed by atoms with van der Waals surface area (Å²) in [6, 6.07) is 51.4. The molecule has 2 aromatic heterocycles. The fraction of sp³-hybridized carbons (Fsp3) is 0. The van der Waals surface area contributed by atoms with Crippen LogP contribution in [0.1, 0.15) is 33.4 Å². The van der Waals surface area contributed by atoms with E-state index in [2.05, 4.69) is 192 Å². The van der Waals surface area contributed by atoms with E-state index in [-0.39, 0.29) is 0 Å². The Morgan fingerprint density at radius 2 is 0.729 bits per heavy atom. The Kier molecular flexibility index (Phi) is 8.27. The zero-order valence-electron chi connectivity index (χ0n) is 26.0. The van der Waals surface area contributed by atoms with Crippen LogP contribution in [0, 0.1) is 23.7 Å². The molecule has 48 heavy (non-hydrogen) atoms. The van der Waals surface area contributed by atoms with Gasteiger partial charge < -0.3 is 0 Å². The topological polar surface area (TPSA) is 0 Å². The maximum absolute atomic E-state index is 3.34. The molecule has 0 unspecified atom stereocenters.